The molecule has 98 valence electrons. The summed E-state index contributed by atoms with van der Waals surface area (Å²) in [6.07, 6.45) is 1.81. The maximum Gasteiger partial charge on any atom is 0.128 e. The van der Waals surface area contributed by atoms with Gasteiger partial charge in [0.05, 0.1) is 0 Å². The Hall–Kier alpha value is -1.94. The van der Waals surface area contributed by atoms with Gasteiger partial charge in [0.15, 0.2) is 0 Å². The van der Waals surface area contributed by atoms with Crippen LogP contribution in [0.3, 0.4) is 0 Å². The van der Waals surface area contributed by atoms with E-state index in [9.17, 15) is 4.39 Å². The van der Waals surface area contributed by atoms with Crippen LogP contribution in [0.25, 0.3) is 11.1 Å². The normalized spacial score (nSPS) is 15.5. The molecule has 0 aliphatic carbocycles. The number of aromatic nitrogens is 1. The van der Waals surface area contributed by atoms with E-state index in [4.69, 9.17) is 0 Å². The SMILES string of the molecule is Fc1cccc(-c2ccc(N3CCNCC3)nc2)c1. The molecular weight excluding hydrogens is 241 g/mol. The number of hydrogen-bond acceptors (Lipinski definition) is 3. The zero-order valence-corrected chi connectivity index (χ0v) is 10.6. The smallest absolute Gasteiger partial charge is 0.128 e. The maximum absolute atomic E-state index is 13.2. The Kier molecular flexibility index (Phi) is 3.42. The van der Waals surface area contributed by atoms with Crippen molar-refractivity contribution in [2.24, 2.45) is 0 Å². The number of rotatable bonds is 2. The molecule has 0 spiro atoms. The third-order valence-electron chi connectivity index (χ3n) is 3.35. The van der Waals surface area contributed by atoms with E-state index >= 15 is 0 Å². The van der Waals surface area contributed by atoms with Crippen LogP contribution in [0.1, 0.15) is 0 Å². The monoisotopic (exact) mass is 257 g/mol. The van der Waals surface area contributed by atoms with Crippen molar-refractivity contribution in [1.82, 2.24) is 10.3 Å². The molecule has 1 N–H and O–H groups in total. The van der Waals surface area contributed by atoms with Gasteiger partial charge in [-0.3, -0.25) is 0 Å². The Morgan fingerprint density at radius 2 is 1.89 bits per heavy atom. The van der Waals surface area contributed by atoms with Gasteiger partial charge < -0.3 is 10.2 Å². The number of pyridine rings is 1. The van der Waals surface area contributed by atoms with Crippen molar-refractivity contribution in [2.45, 2.75) is 0 Å². The fourth-order valence-corrected chi connectivity index (χ4v) is 2.31. The van der Waals surface area contributed by atoms with Crippen LogP contribution < -0.4 is 10.2 Å². The lowest BCUT2D eigenvalue weighted by molar-refractivity contribution is 0.585. The molecule has 1 fully saturated rings. The Morgan fingerprint density at radius 1 is 1.05 bits per heavy atom. The second kappa shape index (κ2) is 5.36. The molecule has 0 unspecified atom stereocenters. The van der Waals surface area contributed by atoms with Gasteiger partial charge in [-0.15, -0.1) is 0 Å². The van der Waals surface area contributed by atoms with Gasteiger partial charge in [0.2, 0.25) is 0 Å². The van der Waals surface area contributed by atoms with Gasteiger partial charge in [0.25, 0.3) is 0 Å². The highest BCUT2D eigenvalue weighted by Gasteiger charge is 2.11. The molecule has 4 heteroatoms. The number of benzene rings is 1. The summed E-state index contributed by atoms with van der Waals surface area (Å²) >= 11 is 0. The Labute approximate surface area is 112 Å². The number of nitrogens with one attached hydrogen (secondary N) is 1. The minimum absolute atomic E-state index is 0.219. The molecule has 3 rings (SSSR count). The van der Waals surface area contributed by atoms with Crippen LogP contribution in [0, 0.1) is 5.82 Å². The van der Waals surface area contributed by atoms with Crippen LogP contribution in [0.2, 0.25) is 0 Å². The lowest BCUT2D eigenvalue weighted by Gasteiger charge is -2.28. The van der Waals surface area contributed by atoms with E-state index in [1.807, 2.05) is 24.4 Å². The highest BCUT2D eigenvalue weighted by atomic mass is 19.1. The number of piperazine rings is 1. The second-order valence-electron chi connectivity index (χ2n) is 4.65. The lowest BCUT2D eigenvalue weighted by Crippen LogP contribution is -2.43. The minimum atomic E-state index is -0.219. The first kappa shape index (κ1) is 12.1. The summed E-state index contributed by atoms with van der Waals surface area (Å²) in [4.78, 5) is 6.74. The van der Waals surface area contributed by atoms with E-state index in [2.05, 4.69) is 15.2 Å². The summed E-state index contributed by atoms with van der Waals surface area (Å²) in [5.74, 6) is 0.769. The second-order valence-corrected chi connectivity index (χ2v) is 4.65. The molecule has 0 bridgehead atoms. The molecule has 2 aromatic rings. The highest BCUT2D eigenvalue weighted by molar-refractivity contribution is 5.63. The lowest BCUT2D eigenvalue weighted by atomic mass is 10.1. The molecule has 0 saturated carbocycles. The highest BCUT2D eigenvalue weighted by Crippen LogP contribution is 2.21. The van der Waals surface area contributed by atoms with Gasteiger partial charge in [0.1, 0.15) is 11.6 Å². The van der Waals surface area contributed by atoms with Crippen molar-refractivity contribution in [2.75, 3.05) is 31.1 Å². The number of hydrogen-bond donors (Lipinski definition) is 1. The molecule has 0 radical (unpaired) electrons. The van der Waals surface area contributed by atoms with E-state index in [0.29, 0.717) is 0 Å². The Balaban J connectivity index is 1.82. The molecule has 1 saturated heterocycles. The van der Waals surface area contributed by atoms with Gasteiger partial charge in [-0.2, -0.15) is 0 Å². The van der Waals surface area contributed by atoms with Crippen molar-refractivity contribution in [3.8, 4) is 11.1 Å². The summed E-state index contributed by atoms with van der Waals surface area (Å²) in [5, 5.41) is 3.32. The van der Waals surface area contributed by atoms with Crippen molar-refractivity contribution < 1.29 is 4.39 Å². The van der Waals surface area contributed by atoms with E-state index < -0.39 is 0 Å². The fourth-order valence-electron chi connectivity index (χ4n) is 2.31. The molecule has 0 amide bonds. The van der Waals surface area contributed by atoms with Crippen molar-refractivity contribution in [3.63, 3.8) is 0 Å². The average molecular weight is 257 g/mol. The summed E-state index contributed by atoms with van der Waals surface area (Å²) in [7, 11) is 0. The Morgan fingerprint density at radius 3 is 2.58 bits per heavy atom. The predicted octanol–water partition coefficient (Wildman–Crippen LogP) is 2.30. The van der Waals surface area contributed by atoms with Crippen LogP contribution in [-0.2, 0) is 0 Å². The standard InChI is InChI=1S/C15H16FN3/c16-14-3-1-2-12(10-14)13-4-5-15(18-11-13)19-8-6-17-7-9-19/h1-5,10-11,17H,6-9H2. The van der Waals surface area contributed by atoms with E-state index in [-0.39, 0.29) is 5.82 Å². The fraction of sp³-hybridized carbons (Fsp3) is 0.267. The zero-order valence-electron chi connectivity index (χ0n) is 10.6. The van der Waals surface area contributed by atoms with E-state index in [1.165, 1.54) is 12.1 Å². The number of anilines is 1. The minimum Gasteiger partial charge on any atom is -0.354 e. The molecular formula is C15H16FN3. The molecule has 1 aromatic carbocycles. The first-order valence-corrected chi connectivity index (χ1v) is 6.50. The molecule has 3 nitrogen and oxygen atoms in total. The molecule has 2 heterocycles. The molecule has 0 atom stereocenters. The van der Waals surface area contributed by atoms with Crippen LogP contribution in [0.5, 0.6) is 0 Å². The first-order chi connectivity index (χ1) is 9.33. The van der Waals surface area contributed by atoms with Crippen LogP contribution >= 0.6 is 0 Å². The van der Waals surface area contributed by atoms with Crippen LogP contribution in [-0.4, -0.2) is 31.2 Å². The Bertz CT molecular complexity index is 548. The summed E-state index contributed by atoms with van der Waals surface area (Å²) in [6, 6.07) is 10.6. The maximum atomic E-state index is 13.2. The molecule has 19 heavy (non-hydrogen) atoms. The third-order valence-corrected chi connectivity index (χ3v) is 3.35. The topological polar surface area (TPSA) is 28.2 Å². The number of nitrogens with zero attached hydrogens (tertiary/aromatic N) is 2. The van der Waals surface area contributed by atoms with Gasteiger partial charge >= 0.3 is 0 Å². The van der Waals surface area contributed by atoms with Gasteiger partial charge in [-0.25, -0.2) is 9.37 Å². The van der Waals surface area contributed by atoms with E-state index in [0.717, 1.165) is 43.1 Å². The van der Waals surface area contributed by atoms with Crippen LogP contribution in [0.15, 0.2) is 42.6 Å². The van der Waals surface area contributed by atoms with E-state index in [1.54, 1.807) is 6.07 Å². The third kappa shape index (κ3) is 2.74. The summed E-state index contributed by atoms with van der Waals surface area (Å²) < 4.78 is 13.2. The van der Waals surface area contributed by atoms with Crippen molar-refractivity contribution in [3.05, 3.63) is 48.4 Å². The van der Waals surface area contributed by atoms with Crippen molar-refractivity contribution in [1.29, 1.82) is 0 Å². The summed E-state index contributed by atoms with van der Waals surface area (Å²) in [6.45, 7) is 3.94. The average Bonchev–Trinajstić information content (AvgIpc) is 2.48. The summed E-state index contributed by atoms with van der Waals surface area (Å²) in [5.41, 5.74) is 1.80. The largest absolute Gasteiger partial charge is 0.354 e. The first-order valence-electron chi connectivity index (χ1n) is 6.50. The molecule has 1 aromatic heterocycles. The molecule has 1 aliphatic rings. The number of halogens is 1. The van der Waals surface area contributed by atoms with Gasteiger partial charge in [0, 0.05) is 37.9 Å². The van der Waals surface area contributed by atoms with Gasteiger partial charge in [-0.1, -0.05) is 12.1 Å². The predicted molar refractivity (Wildman–Crippen MR) is 74.7 cm³/mol. The molecule has 1 aliphatic heterocycles. The zero-order chi connectivity index (χ0) is 13.1. The quantitative estimate of drug-likeness (QED) is 0.894. The van der Waals surface area contributed by atoms with Crippen molar-refractivity contribution >= 4 is 5.82 Å². The van der Waals surface area contributed by atoms with Gasteiger partial charge in [-0.05, 0) is 29.8 Å². The van der Waals surface area contributed by atoms with Crippen LogP contribution in [0.4, 0.5) is 10.2 Å².